The van der Waals surface area contributed by atoms with Crippen molar-refractivity contribution < 1.29 is 4.79 Å². The first-order valence-electron chi connectivity index (χ1n) is 5.55. The van der Waals surface area contributed by atoms with Crippen molar-refractivity contribution in [2.45, 2.75) is 37.8 Å². The van der Waals surface area contributed by atoms with Gasteiger partial charge in [0.25, 0.3) is 0 Å². The lowest BCUT2D eigenvalue weighted by Gasteiger charge is -2.32. The summed E-state index contributed by atoms with van der Waals surface area (Å²) in [6.07, 6.45) is 7.77. The summed E-state index contributed by atoms with van der Waals surface area (Å²) in [4.78, 5) is 11.2. The van der Waals surface area contributed by atoms with Crippen LogP contribution in [0.15, 0.2) is 25.3 Å². The Bertz CT molecular complexity index is 238. The van der Waals surface area contributed by atoms with E-state index in [9.17, 15) is 4.79 Å². The van der Waals surface area contributed by atoms with Gasteiger partial charge >= 0.3 is 0 Å². The molecule has 2 N–H and O–H groups in total. The summed E-state index contributed by atoms with van der Waals surface area (Å²) in [6, 6.07) is 0.616. The predicted molar refractivity (Wildman–Crippen MR) is 62.6 cm³/mol. The molecule has 1 aliphatic rings. The maximum Gasteiger partial charge on any atom is 0.243 e. The molecule has 0 aromatic rings. The Kier molecular flexibility index (Phi) is 5.12. The Morgan fingerprint density at radius 3 is 2.53 bits per heavy atom. The van der Waals surface area contributed by atoms with Gasteiger partial charge in [-0.2, -0.15) is 0 Å². The van der Waals surface area contributed by atoms with E-state index in [4.69, 9.17) is 0 Å². The maximum absolute atomic E-state index is 11.2. The monoisotopic (exact) mass is 208 g/mol. The van der Waals surface area contributed by atoms with E-state index in [2.05, 4.69) is 23.8 Å². The lowest BCUT2D eigenvalue weighted by molar-refractivity contribution is -0.117. The molecule has 0 aliphatic heterocycles. The van der Waals surface area contributed by atoms with Crippen LogP contribution in [-0.2, 0) is 4.79 Å². The van der Waals surface area contributed by atoms with Crippen molar-refractivity contribution in [3.05, 3.63) is 25.3 Å². The molecule has 3 nitrogen and oxygen atoms in total. The van der Waals surface area contributed by atoms with Gasteiger partial charge in [0.05, 0.1) is 0 Å². The topological polar surface area (TPSA) is 41.1 Å². The largest absolute Gasteiger partial charge is 0.348 e. The molecule has 1 fully saturated rings. The number of nitrogens with one attached hydrogen (secondary N) is 2. The SMILES string of the molecule is C=CCN[C@@H]1CCCC[C@H]1NC(=O)C=C. The second kappa shape index (κ2) is 6.40. The van der Waals surface area contributed by atoms with Crippen LogP contribution in [0.5, 0.6) is 0 Å². The van der Waals surface area contributed by atoms with Gasteiger partial charge in [-0.25, -0.2) is 0 Å². The summed E-state index contributed by atoms with van der Waals surface area (Å²) >= 11 is 0. The standard InChI is InChI=1S/C12H20N2O/c1-3-9-13-10-7-5-6-8-11(10)14-12(15)4-2/h3-4,10-11,13H,1-2,5-9H2,(H,14,15)/t10-,11-/m1/s1. The predicted octanol–water partition coefficient (Wildman–Crippen LogP) is 1.38. The van der Waals surface area contributed by atoms with Crippen LogP contribution in [0.2, 0.25) is 0 Å². The normalized spacial score (nSPS) is 25.6. The summed E-state index contributed by atoms with van der Waals surface area (Å²) in [6.45, 7) is 7.94. The highest BCUT2D eigenvalue weighted by molar-refractivity contribution is 5.87. The van der Waals surface area contributed by atoms with Crippen molar-refractivity contribution >= 4 is 5.91 Å². The quantitative estimate of drug-likeness (QED) is 0.529. The minimum absolute atomic E-state index is 0.0766. The second-order valence-electron chi connectivity index (χ2n) is 3.91. The van der Waals surface area contributed by atoms with Crippen LogP contribution in [0.25, 0.3) is 0 Å². The van der Waals surface area contributed by atoms with Crippen LogP contribution in [0.3, 0.4) is 0 Å². The van der Waals surface area contributed by atoms with Crippen molar-refractivity contribution in [2.75, 3.05) is 6.54 Å². The van der Waals surface area contributed by atoms with Crippen LogP contribution < -0.4 is 10.6 Å². The number of rotatable bonds is 5. The molecule has 0 unspecified atom stereocenters. The van der Waals surface area contributed by atoms with E-state index in [1.807, 2.05) is 6.08 Å². The van der Waals surface area contributed by atoms with Crippen molar-refractivity contribution in [2.24, 2.45) is 0 Å². The van der Waals surface area contributed by atoms with Crippen LogP contribution >= 0.6 is 0 Å². The summed E-state index contributed by atoms with van der Waals surface area (Å²) in [5.41, 5.74) is 0. The van der Waals surface area contributed by atoms with E-state index in [1.54, 1.807) is 0 Å². The van der Waals surface area contributed by atoms with E-state index in [-0.39, 0.29) is 11.9 Å². The molecular weight excluding hydrogens is 188 g/mol. The average molecular weight is 208 g/mol. The molecule has 0 aromatic carbocycles. The van der Waals surface area contributed by atoms with E-state index in [0.29, 0.717) is 6.04 Å². The third kappa shape index (κ3) is 3.88. The first-order valence-corrected chi connectivity index (χ1v) is 5.55. The third-order valence-corrected chi connectivity index (χ3v) is 2.80. The van der Waals surface area contributed by atoms with E-state index >= 15 is 0 Å². The molecule has 84 valence electrons. The summed E-state index contributed by atoms with van der Waals surface area (Å²) < 4.78 is 0. The van der Waals surface area contributed by atoms with Crippen molar-refractivity contribution in [1.82, 2.24) is 10.6 Å². The molecule has 0 aromatic heterocycles. The lowest BCUT2D eigenvalue weighted by atomic mass is 9.90. The highest BCUT2D eigenvalue weighted by Gasteiger charge is 2.24. The number of carbonyl (C=O) groups is 1. The molecule has 0 saturated heterocycles. The minimum Gasteiger partial charge on any atom is -0.348 e. The molecule has 0 spiro atoms. The molecule has 0 heterocycles. The van der Waals surface area contributed by atoms with Crippen LogP contribution in [0.1, 0.15) is 25.7 Å². The fourth-order valence-electron chi connectivity index (χ4n) is 2.02. The van der Waals surface area contributed by atoms with Gasteiger partial charge in [-0.3, -0.25) is 4.79 Å². The molecular formula is C12H20N2O. The highest BCUT2D eigenvalue weighted by atomic mass is 16.1. The zero-order valence-corrected chi connectivity index (χ0v) is 9.17. The van der Waals surface area contributed by atoms with Crippen LogP contribution in [-0.4, -0.2) is 24.5 Å². The van der Waals surface area contributed by atoms with Gasteiger partial charge in [0, 0.05) is 18.6 Å². The number of amides is 1. The van der Waals surface area contributed by atoms with Crippen molar-refractivity contribution in [1.29, 1.82) is 0 Å². The third-order valence-electron chi connectivity index (χ3n) is 2.80. The minimum atomic E-state index is -0.0766. The Morgan fingerprint density at radius 1 is 1.27 bits per heavy atom. The summed E-state index contributed by atoms with van der Waals surface area (Å²) in [5, 5.41) is 6.36. The molecule has 1 aliphatic carbocycles. The lowest BCUT2D eigenvalue weighted by Crippen LogP contribution is -2.51. The Labute approximate surface area is 91.6 Å². The number of carbonyl (C=O) groups excluding carboxylic acids is 1. The fourth-order valence-corrected chi connectivity index (χ4v) is 2.02. The zero-order valence-electron chi connectivity index (χ0n) is 9.17. The number of hydrogen-bond donors (Lipinski definition) is 2. The summed E-state index contributed by atoms with van der Waals surface area (Å²) in [5.74, 6) is -0.0766. The first-order chi connectivity index (χ1) is 7.27. The van der Waals surface area contributed by atoms with Gasteiger partial charge in [-0.15, -0.1) is 6.58 Å². The molecule has 3 heteroatoms. The smallest absolute Gasteiger partial charge is 0.243 e. The van der Waals surface area contributed by atoms with Crippen LogP contribution in [0.4, 0.5) is 0 Å². The van der Waals surface area contributed by atoms with Gasteiger partial charge in [-0.1, -0.05) is 25.5 Å². The molecule has 0 bridgehead atoms. The Morgan fingerprint density at radius 2 is 1.93 bits per heavy atom. The van der Waals surface area contributed by atoms with E-state index in [0.717, 1.165) is 19.4 Å². The second-order valence-corrected chi connectivity index (χ2v) is 3.91. The first kappa shape index (κ1) is 12.0. The van der Waals surface area contributed by atoms with E-state index < -0.39 is 0 Å². The molecule has 0 radical (unpaired) electrons. The maximum atomic E-state index is 11.2. The molecule has 1 rings (SSSR count). The average Bonchev–Trinajstić information content (AvgIpc) is 2.28. The Balaban J connectivity index is 2.45. The van der Waals surface area contributed by atoms with Crippen LogP contribution in [0, 0.1) is 0 Å². The van der Waals surface area contributed by atoms with Crippen molar-refractivity contribution in [3.8, 4) is 0 Å². The fraction of sp³-hybridized carbons (Fsp3) is 0.583. The molecule has 15 heavy (non-hydrogen) atoms. The van der Waals surface area contributed by atoms with Gasteiger partial charge < -0.3 is 10.6 Å². The molecule has 1 saturated carbocycles. The van der Waals surface area contributed by atoms with Gasteiger partial charge in [-0.05, 0) is 18.9 Å². The van der Waals surface area contributed by atoms with Gasteiger partial charge in [0.2, 0.25) is 5.91 Å². The number of hydrogen-bond acceptors (Lipinski definition) is 2. The van der Waals surface area contributed by atoms with Crippen molar-refractivity contribution in [3.63, 3.8) is 0 Å². The summed E-state index contributed by atoms with van der Waals surface area (Å²) in [7, 11) is 0. The Hall–Kier alpha value is -1.09. The van der Waals surface area contributed by atoms with Gasteiger partial charge in [0.1, 0.15) is 0 Å². The van der Waals surface area contributed by atoms with E-state index in [1.165, 1.54) is 18.9 Å². The molecule has 2 atom stereocenters. The van der Waals surface area contributed by atoms with Gasteiger partial charge in [0.15, 0.2) is 0 Å². The highest BCUT2D eigenvalue weighted by Crippen LogP contribution is 2.18. The molecule has 1 amide bonds. The zero-order chi connectivity index (χ0) is 11.1.